The molecule has 0 bridgehead atoms. The fraction of sp³-hybridized carbons (Fsp3) is 0.179. The third kappa shape index (κ3) is 4.73. The van der Waals surface area contributed by atoms with Crippen LogP contribution in [0.5, 0.6) is 5.75 Å². The summed E-state index contributed by atoms with van der Waals surface area (Å²) in [5.74, 6) is -2.81. The zero-order valence-corrected chi connectivity index (χ0v) is 23.3. The molecule has 1 N–H and O–H groups in total. The Bertz CT molecular complexity index is 1830. The zero-order valence-electron chi connectivity index (χ0n) is 21.7. The van der Waals surface area contributed by atoms with Crippen molar-refractivity contribution >= 4 is 52.0 Å². The van der Waals surface area contributed by atoms with E-state index in [1.165, 1.54) is 42.5 Å². The van der Waals surface area contributed by atoms with Gasteiger partial charge in [-0.2, -0.15) is 0 Å². The lowest BCUT2D eigenvalue weighted by molar-refractivity contribution is -0.385. The average Bonchev–Trinajstić information content (AvgIpc) is 3.46. The smallest absolute Gasteiger partial charge is 0.305 e. The van der Waals surface area contributed by atoms with E-state index >= 15 is 0 Å². The first-order valence-electron chi connectivity index (χ1n) is 12.6. The molecule has 2 aliphatic rings. The number of non-ortho nitro benzene ring substituents is 2. The molecule has 3 unspecified atom stereocenters. The number of aryl methyl sites for hydroxylation is 1. The molecular weight excluding hydrogens is 584 g/mol. The number of nitrogens with zero attached hydrogens (tertiary/aromatic N) is 3. The minimum Gasteiger partial charge on any atom is -0.489 e. The Balaban J connectivity index is 1.46. The number of imide groups is 1. The summed E-state index contributed by atoms with van der Waals surface area (Å²) < 4.78 is 6.16. The van der Waals surface area contributed by atoms with Gasteiger partial charge in [0.1, 0.15) is 17.6 Å². The fourth-order valence-electron chi connectivity index (χ4n) is 5.32. The number of thioether (sulfide) groups is 1. The summed E-state index contributed by atoms with van der Waals surface area (Å²) in [5.41, 5.74) is 1.91. The van der Waals surface area contributed by atoms with Crippen molar-refractivity contribution in [3.05, 3.63) is 118 Å². The number of nitrogens with one attached hydrogen (secondary N) is 1. The zero-order chi connectivity index (χ0) is 29.7. The van der Waals surface area contributed by atoms with Gasteiger partial charge in [-0.1, -0.05) is 52.9 Å². The first-order valence-corrected chi connectivity index (χ1v) is 14.3. The lowest BCUT2D eigenvalue weighted by Crippen LogP contribution is -2.32. The maximum Gasteiger partial charge on any atom is 0.305 e. The molecule has 0 aliphatic carbocycles. The second kappa shape index (κ2) is 10.5. The number of anilines is 1. The molecule has 1 aromatic heterocycles. The molecule has 4 aromatic rings. The summed E-state index contributed by atoms with van der Waals surface area (Å²) in [6, 6.07) is 16.8. The van der Waals surface area contributed by atoms with Gasteiger partial charge in [0, 0.05) is 40.6 Å². The van der Waals surface area contributed by atoms with E-state index in [0.29, 0.717) is 15.5 Å². The van der Waals surface area contributed by atoms with Crippen LogP contribution in [0, 0.1) is 33.1 Å². The average molecular weight is 605 g/mol. The van der Waals surface area contributed by atoms with Crippen molar-refractivity contribution in [2.45, 2.75) is 29.7 Å². The molecule has 14 heteroatoms. The van der Waals surface area contributed by atoms with Crippen LogP contribution < -0.4 is 14.5 Å². The van der Waals surface area contributed by atoms with Gasteiger partial charge in [0.25, 0.3) is 11.4 Å². The van der Waals surface area contributed by atoms with Gasteiger partial charge in [0.05, 0.1) is 26.5 Å². The first kappa shape index (κ1) is 27.4. The van der Waals surface area contributed by atoms with Crippen LogP contribution in [0.1, 0.15) is 27.5 Å². The van der Waals surface area contributed by atoms with Crippen LogP contribution in [-0.2, 0) is 16.2 Å². The second-order valence-electron chi connectivity index (χ2n) is 9.79. The van der Waals surface area contributed by atoms with Crippen LogP contribution in [-0.4, -0.2) is 31.9 Å². The number of amides is 2. The number of nitro benzene ring substituents is 2. The highest BCUT2D eigenvalue weighted by molar-refractivity contribution is 8.00. The molecule has 2 amide bonds. The molecule has 42 heavy (non-hydrogen) atoms. The van der Waals surface area contributed by atoms with Gasteiger partial charge in [-0.3, -0.25) is 34.6 Å². The number of aromatic nitrogens is 1. The Morgan fingerprint density at radius 3 is 2.33 bits per heavy atom. The highest BCUT2D eigenvalue weighted by Gasteiger charge is 2.57. The van der Waals surface area contributed by atoms with E-state index in [4.69, 9.17) is 4.74 Å². The number of carbonyl (C=O) groups excluding carboxylic acids is 2. The number of carbonyl (C=O) groups is 2. The summed E-state index contributed by atoms with van der Waals surface area (Å²) in [6.07, 6.45) is 0. The van der Waals surface area contributed by atoms with E-state index in [-0.39, 0.29) is 29.4 Å². The summed E-state index contributed by atoms with van der Waals surface area (Å²) in [4.78, 5) is 65.7. The standard InChI is InChI=1S/C28H20N4O8S2/c1-14-3-2-4-15(11-14)13-40-20-10-9-18(32(38)39)12-19(20)21-22-24(41-25-23(21)42-28(35)29-25)27(34)30(26(22)33)16-5-7-17(8-6-16)31(36)37/h2-12,21-22,24H,13H2,1H3,(H,29,35). The van der Waals surface area contributed by atoms with Gasteiger partial charge in [0.2, 0.25) is 11.8 Å². The molecule has 212 valence electrons. The molecule has 0 radical (unpaired) electrons. The predicted molar refractivity (Wildman–Crippen MR) is 154 cm³/mol. The SMILES string of the molecule is Cc1cccc(COc2ccc([N+](=O)[O-])cc2C2c3sc(=O)[nH]c3SC3C(=O)N(c4ccc([N+](=O)[O-])cc4)C(=O)C32)c1. The lowest BCUT2D eigenvalue weighted by atomic mass is 9.82. The van der Waals surface area contributed by atoms with Gasteiger partial charge in [-0.05, 0) is 30.7 Å². The first-order chi connectivity index (χ1) is 20.1. The Morgan fingerprint density at radius 1 is 0.929 bits per heavy atom. The third-order valence-electron chi connectivity index (χ3n) is 7.16. The highest BCUT2D eigenvalue weighted by Crippen LogP contribution is 2.55. The van der Waals surface area contributed by atoms with Crippen LogP contribution in [0.25, 0.3) is 0 Å². The monoisotopic (exact) mass is 604 g/mol. The molecule has 0 spiro atoms. The van der Waals surface area contributed by atoms with Crippen LogP contribution in [0.15, 0.2) is 76.6 Å². The molecule has 3 aromatic carbocycles. The van der Waals surface area contributed by atoms with Crippen LogP contribution >= 0.6 is 23.1 Å². The molecular formula is C28H20N4O8S2. The largest absolute Gasteiger partial charge is 0.489 e. The number of nitro groups is 2. The van der Waals surface area contributed by atoms with Crippen molar-refractivity contribution in [1.29, 1.82) is 0 Å². The Kier molecular flexibility index (Phi) is 6.86. The topological polar surface area (TPSA) is 166 Å². The normalized spacial score (nSPS) is 19.4. The number of ether oxygens (including phenoxy) is 1. The summed E-state index contributed by atoms with van der Waals surface area (Å²) >= 11 is 1.93. The van der Waals surface area contributed by atoms with E-state index in [0.717, 1.165) is 39.1 Å². The quantitative estimate of drug-likeness (QED) is 0.175. The van der Waals surface area contributed by atoms with Crippen molar-refractivity contribution in [2.24, 2.45) is 5.92 Å². The minimum absolute atomic E-state index is 0.139. The van der Waals surface area contributed by atoms with Gasteiger partial charge in [0.15, 0.2) is 0 Å². The second-order valence-corrected chi connectivity index (χ2v) is 12.0. The molecule has 12 nitrogen and oxygen atoms in total. The lowest BCUT2D eigenvalue weighted by Gasteiger charge is -2.30. The molecule has 6 rings (SSSR count). The number of thiazole rings is 1. The minimum atomic E-state index is -1.03. The number of H-pyrrole nitrogens is 1. The number of hydrogen-bond acceptors (Lipinski definition) is 10. The van der Waals surface area contributed by atoms with Gasteiger partial charge < -0.3 is 9.72 Å². The van der Waals surface area contributed by atoms with E-state index in [9.17, 15) is 34.6 Å². The molecule has 1 saturated heterocycles. The van der Waals surface area contributed by atoms with Gasteiger partial charge in [-0.25, -0.2) is 4.90 Å². The third-order valence-corrected chi connectivity index (χ3v) is 9.56. The summed E-state index contributed by atoms with van der Waals surface area (Å²) in [6.45, 7) is 2.08. The van der Waals surface area contributed by atoms with Crippen molar-refractivity contribution in [1.82, 2.24) is 4.98 Å². The van der Waals surface area contributed by atoms with Crippen molar-refractivity contribution in [3.63, 3.8) is 0 Å². The van der Waals surface area contributed by atoms with Gasteiger partial charge in [-0.15, -0.1) is 0 Å². The maximum absolute atomic E-state index is 14.0. The Hall–Kier alpha value is -4.82. The fourth-order valence-corrected chi connectivity index (χ4v) is 7.82. The number of aromatic amines is 1. The van der Waals surface area contributed by atoms with Crippen LogP contribution in [0.2, 0.25) is 0 Å². The molecule has 0 saturated carbocycles. The van der Waals surface area contributed by atoms with Crippen LogP contribution in [0.4, 0.5) is 17.1 Å². The van der Waals surface area contributed by atoms with E-state index in [1.54, 1.807) is 0 Å². The highest BCUT2D eigenvalue weighted by atomic mass is 32.2. The predicted octanol–water partition coefficient (Wildman–Crippen LogP) is 4.94. The Morgan fingerprint density at radius 2 is 1.64 bits per heavy atom. The van der Waals surface area contributed by atoms with Crippen molar-refractivity contribution in [2.75, 3.05) is 4.90 Å². The van der Waals surface area contributed by atoms with Gasteiger partial charge >= 0.3 is 4.87 Å². The number of rotatable bonds is 7. The summed E-state index contributed by atoms with van der Waals surface area (Å²) in [5, 5.41) is 22.4. The molecule has 1 fully saturated rings. The Labute approximate surface area is 245 Å². The van der Waals surface area contributed by atoms with Crippen LogP contribution in [0.3, 0.4) is 0 Å². The van der Waals surface area contributed by atoms with Crippen molar-refractivity contribution < 1.29 is 24.2 Å². The van der Waals surface area contributed by atoms with Crippen molar-refractivity contribution in [3.8, 4) is 5.75 Å². The van der Waals surface area contributed by atoms with E-state index in [2.05, 4.69) is 4.98 Å². The van der Waals surface area contributed by atoms with E-state index in [1.807, 2.05) is 31.2 Å². The molecule has 3 heterocycles. The molecule has 3 atom stereocenters. The summed E-state index contributed by atoms with van der Waals surface area (Å²) in [7, 11) is 0. The number of benzene rings is 3. The maximum atomic E-state index is 14.0. The number of hydrogen-bond donors (Lipinski definition) is 1. The molecule has 2 aliphatic heterocycles. The van der Waals surface area contributed by atoms with E-state index < -0.39 is 43.6 Å². The number of fused-ring (bicyclic) bond motifs is 2.